The third kappa shape index (κ3) is 4.34. The summed E-state index contributed by atoms with van der Waals surface area (Å²) in [6, 6.07) is 9.57. The molecule has 0 heterocycles. The van der Waals surface area contributed by atoms with Crippen LogP contribution in [0.15, 0.2) is 36.4 Å². The van der Waals surface area contributed by atoms with Crippen molar-refractivity contribution >= 4 is 76.8 Å². The van der Waals surface area contributed by atoms with Crippen LogP contribution < -0.4 is 9.05 Å². The van der Waals surface area contributed by atoms with Crippen LogP contribution in [0.1, 0.15) is 0 Å². The van der Waals surface area contributed by atoms with E-state index in [0.29, 0.717) is 0 Å². The zero-order chi connectivity index (χ0) is 16.3. The van der Waals surface area contributed by atoms with Crippen LogP contribution in [0, 0.1) is 0 Å². The molecule has 0 atom stereocenters. The molecule has 0 aliphatic carbocycles. The van der Waals surface area contributed by atoms with Gasteiger partial charge in [-0.05, 0) is 24.3 Å². The summed E-state index contributed by atoms with van der Waals surface area (Å²) in [6.45, 7) is -3.49. The number of rotatable bonds is 5. The maximum atomic E-state index is 6.01. The van der Waals surface area contributed by atoms with Gasteiger partial charge in [-0.3, -0.25) is 0 Å². The predicted octanol–water partition coefficient (Wildman–Crippen LogP) is 7.15. The van der Waals surface area contributed by atoms with Gasteiger partial charge in [0.05, 0.1) is 32.0 Å². The molecule has 0 unspecified atom stereocenters. The van der Waals surface area contributed by atoms with Gasteiger partial charge in [0.25, 0.3) is 0 Å². The van der Waals surface area contributed by atoms with Crippen molar-refractivity contribution in [2.45, 2.75) is 0 Å². The van der Waals surface area contributed by atoms with E-state index in [-0.39, 0.29) is 31.6 Å². The number of para-hydroxylation sites is 2. The Kier molecular flexibility index (Phi) is 6.52. The topological polar surface area (TPSA) is 27.7 Å². The van der Waals surface area contributed by atoms with Gasteiger partial charge in [-0.2, -0.15) is 4.08 Å². The Morgan fingerprint density at radius 1 is 0.727 bits per heavy atom. The van der Waals surface area contributed by atoms with E-state index in [4.69, 9.17) is 79.1 Å². The molecule has 2 rings (SSSR count). The van der Waals surface area contributed by atoms with Crippen molar-refractivity contribution in [3.63, 3.8) is 0 Å². The lowest BCUT2D eigenvalue weighted by molar-refractivity contribution is 0.399. The number of benzene rings is 2. The molecule has 10 heteroatoms. The van der Waals surface area contributed by atoms with E-state index in [2.05, 4.69) is 4.08 Å². The lowest BCUT2D eigenvalue weighted by atomic mass is 10.3. The first-order chi connectivity index (χ1) is 10.4. The van der Waals surface area contributed by atoms with Crippen molar-refractivity contribution in [2.75, 3.05) is 0 Å². The minimum Gasteiger partial charge on any atom is -0.412 e. The van der Waals surface area contributed by atoms with Crippen LogP contribution >= 0.6 is 65.0 Å². The molecule has 0 saturated heterocycles. The van der Waals surface area contributed by atoms with E-state index < -0.39 is 6.72 Å². The van der Waals surface area contributed by atoms with Crippen molar-refractivity contribution < 1.29 is 13.1 Å². The standard InChI is InChI=1S/C12H6Cl5O3PS/c13-7-3-1-4-8(14)11(7)18-21(22,20-17)19-12-9(15)5-2-6-10(12)16/h1-6H. The molecule has 0 aliphatic rings. The van der Waals surface area contributed by atoms with E-state index in [1.54, 1.807) is 36.4 Å². The molecular formula is C12H6Cl5O3PS. The molecule has 0 N–H and O–H groups in total. The molecular weight excluding hydrogens is 432 g/mol. The minimum atomic E-state index is -3.49. The van der Waals surface area contributed by atoms with Gasteiger partial charge in [0, 0.05) is 11.8 Å². The van der Waals surface area contributed by atoms with E-state index in [1.807, 2.05) is 0 Å². The number of halogens is 5. The van der Waals surface area contributed by atoms with Crippen molar-refractivity contribution in [1.29, 1.82) is 0 Å². The van der Waals surface area contributed by atoms with Gasteiger partial charge in [-0.1, -0.05) is 58.5 Å². The highest BCUT2D eigenvalue weighted by Gasteiger charge is 2.29. The van der Waals surface area contributed by atoms with Crippen molar-refractivity contribution in [3.05, 3.63) is 56.5 Å². The number of hydrogen-bond donors (Lipinski definition) is 0. The molecule has 0 aliphatic heterocycles. The average molecular weight is 438 g/mol. The lowest BCUT2D eigenvalue weighted by Crippen LogP contribution is -2.02. The van der Waals surface area contributed by atoms with Crippen LogP contribution in [0.25, 0.3) is 0 Å². The summed E-state index contributed by atoms with van der Waals surface area (Å²) in [5, 5.41) is 0.905. The monoisotopic (exact) mass is 436 g/mol. The fraction of sp³-hybridized carbons (Fsp3) is 0. The fourth-order valence-electron chi connectivity index (χ4n) is 1.41. The highest BCUT2D eigenvalue weighted by atomic mass is 35.5. The van der Waals surface area contributed by atoms with E-state index >= 15 is 0 Å². The molecule has 2 aromatic carbocycles. The molecule has 118 valence electrons. The van der Waals surface area contributed by atoms with Gasteiger partial charge in [0.2, 0.25) is 0 Å². The normalized spacial score (nSPS) is 11.3. The molecule has 0 amide bonds. The summed E-state index contributed by atoms with van der Waals surface area (Å²) in [5.41, 5.74) is 0. The Hall–Kier alpha value is 0.1000. The van der Waals surface area contributed by atoms with Crippen LogP contribution in [-0.4, -0.2) is 0 Å². The molecule has 0 fully saturated rings. The van der Waals surface area contributed by atoms with Crippen molar-refractivity contribution in [1.82, 2.24) is 0 Å². The van der Waals surface area contributed by atoms with E-state index in [1.165, 1.54) is 0 Å². The Morgan fingerprint density at radius 2 is 1.05 bits per heavy atom. The molecule has 2 aromatic rings. The fourth-order valence-corrected chi connectivity index (χ4v) is 4.12. The third-order valence-electron chi connectivity index (χ3n) is 2.33. The summed E-state index contributed by atoms with van der Waals surface area (Å²) >= 11 is 34.7. The van der Waals surface area contributed by atoms with Gasteiger partial charge >= 0.3 is 6.72 Å². The maximum absolute atomic E-state index is 6.01. The largest absolute Gasteiger partial charge is 0.452 e. The van der Waals surface area contributed by atoms with Crippen LogP contribution in [0.5, 0.6) is 11.5 Å². The third-order valence-corrected chi connectivity index (χ3v) is 5.96. The van der Waals surface area contributed by atoms with Crippen LogP contribution in [-0.2, 0) is 15.9 Å². The first-order valence-electron chi connectivity index (χ1n) is 5.54. The predicted molar refractivity (Wildman–Crippen MR) is 95.4 cm³/mol. The molecule has 0 saturated carbocycles. The highest BCUT2D eigenvalue weighted by molar-refractivity contribution is 8.08. The quantitative estimate of drug-likeness (QED) is 0.463. The zero-order valence-electron chi connectivity index (χ0n) is 10.4. The molecule has 3 nitrogen and oxygen atoms in total. The second kappa shape index (κ2) is 7.78. The number of hydrogen-bond acceptors (Lipinski definition) is 4. The van der Waals surface area contributed by atoms with Gasteiger partial charge in [-0.25, -0.2) is 0 Å². The summed E-state index contributed by atoms with van der Waals surface area (Å²) in [6.07, 6.45) is 0. The van der Waals surface area contributed by atoms with Crippen LogP contribution in [0.3, 0.4) is 0 Å². The second-order valence-corrected chi connectivity index (χ2v) is 8.58. The average Bonchev–Trinajstić information content (AvgIpc) is 2.47. The minimum absolute atomic E-state index is 0.0954. The molecule has 0 aromatic heterocycles. The van der Waals surface area contributed by atoms with Crippen molar-refractivity contribution in [2.24, 2.45) is 0 Å². The van der Waals surface area contributed by atoms with Crippen molar-refractivity contribution in [3.8, 4) is 11.5 Å². The maximum Gasteiger partial charge on any atom is 0.452 e. The van der Waals surface area contributed by atoms with Gasteiger partial charge < -0.3 is 9.05 Å². The van der Waals surface area contributed by atoms with Crippen LogP contribution in [0.4, 0.5) is 0 Å². The summed E-state index contributed by atoms with van der Waals surface area (Å²) in [7, 11) is 0. The van der Waals surface area contributed by atoms with Crippen LogP contribution in [0.2, 0.25) is 20.1 Å². The first kappa shape index (κ1) is 18.4. The van der Waals surface area contributed by atoms with Gasteiger partial charge in [0.1, 0.15) is 0 Å². The molecule has 22 heavy (non-hydrogen) atoms. The highest BCUT2D eigenvalue weighted by Crippen LogP contribution is 2.55. The smallest absolute Gasteiger partial charge is 0.412 e. The van der Waals surface area contributed by atoms with E-state index in [9.17, 15) is 0 Å². The SMILES string of the molecule is S=P(OCl)(Oc1c(Cl)cccc1Cl)Oc1c(Cl)cccc1Cl. The molecule has 0 bridgehead atoms. The Morgan fingerprint density at radius 3 is 1.32 bits per heavy atom. The Labute approximate surface area is 157 Å². The molecule has 0 radical (unpaired) electrons. The summed E-state index contributed by atoms with van der Waals surface area (Å²) < 4.78 is 15.7. The van der Waals surface area contributed by atoms with Gasteiger partial charge in [0.15, 0.2) is 11.5 Å². The lowest BCUT2D eigenvalue weighted by Gasteiger charge is -2.21. The zero-order valence-corrected chi connectivity index (χ0v) is 15.9. The Bertz CT molecular complexity index is 645. The van der Waals surface area contributed by atoms with E-state index in [0.717, 1.165) is 0 Å². The first-order valence-corrected chi connectivity index (χ1v) is 9.91. The molecule has 0 spiro atoms. The van der Waals surface area contributed by atoms with Gasteiger partial charge in [-0.15, -0.1) is 0 Å². The second-order valence-electron chi connectivity index (χ2n) is 3.80. The summed E-state index contributed by atoms with van der Waals surface area (Å²) in [4.78, 5) is 0. The Balaban J connectivity index is 2.36. The summed E-state index contributed by atoms with van der Waals surface area (Å²) in [5.74, 6) is 0.191.